The number of anilines is 1. The van der Waals surface area contributed by atoms with Crippen molar-refractivity contribution in [2.75, 3.05) is 31.6 Å². The molecule has 0 aliphatic carbocycles. The third-order valence-electron chi connectivity index (χ3n) is 7.14. The molecule has 1 atom stereocenters. The largest absolute Gasteiger partial charge is 0.497 e. The van der Waals surface area contributed by atoms with E-state index in [1.54, 1.807) is 7.11 Å². The number of benzene rings is 2. The van der Waals surface area contributed by atoms with Crippen LogP contribution >= 0.6 is 34.8 Å². The Labute approximate surface area is 239 Å². The van der Waals surface area contributed by atoms with Crippen molar-refractivity contribution in [3.05, 3.63) is 87.1 Å². The normalized spacial score (nSPS) is 15.2. The number of rotatable bonds is 10. The monoisotopic (exact) mass is 574 g/mol. The van der Waals surface area contributed by atoms with Gasteiger partial charge in [0, 0.05) is 61.4 Å². The first kappa shape index (κ1) is 28.5. The van der Waals surface area contributed by atoms with Crippen LogP contribution in [0.1, 0.15) is 42.1 Å². The van der Waals surface area contributed by atoms with E-state index in [4.69, 9.17) is 39.5 Å². The predicted molar refractivity (Wildman–Crippen MR) is 156 cm³/mol. The van der Waals surface area contributed by atoms with E-state index < -0.39 is 0 Å². The number of pyridine rings is 1. The minimum absolute atomic E-state index is 0.254. The van der Waals surface area contributed by atoms with Gasteiger partial charge in [0.15, 0.2) is 0 Å². The summed E-state index contributed by atoms with van der Waals surface area (Å²) in [7, 11) is 1.69. The summed E-state index contributed by atoms with van der Waals surface area (Å²) < 4.78 is 5.37. The minimum Gasteiger partial charge on any atom is -0.497 e. The van der Waals surface area contributed by atoms with E-state index in [-0.39, 0.29) is 21.5 Å². The Kier molecular flexibility index (Phi) is 10.1. The Hall–Kier alpha value is -2.51. The molecule has 1 amide bonds. The van der Waals surface area contributed by atoms with Crippen LogP contribution in [0.3, 0.4) is 0 Å². The first-order valence-corrected chi connectivity index (χ1v) is 14.0. The number of halogens is 3. The van der Waals surface area contributed by atoms with Gasteiger partial charge in [-0.25, -0.2) is 0 Å². The Bertz CT molecular complexity index is 1200. The van der Waals surface area contributed by atoms with Gasteiger partial charge >= 0.3 is 0 Å². The molecule has 1 saturated heterocycles. The quantitative estimate of drug-likeness (QED) is 0.290. The number of nitrogens with one attached hydrogen (secondary N) is 1. The molecule has 0 saturated carbocycles. The number of aromatic nitrogens is 1. The van der Waals surface area contributed by atoms with Crippen molar-refractivity contribution in [2.24, 2.45) is 0 Å². The number of carbonyl (C=O) groups is 1. The number of carbonyl (C=O) groups excluding carboxylic acids is 1. The molecular formula is C29H33Cl3N4O2. The number of hydrogen-bond acceptors (Lipinski definition) is 5. The molecule has 1 fully saturated rings. The van der Waals surface area contributed by atoms with E-state index in [1.807, 2.05) is 30.3 Å². The summed E-state index contributed by atoms with van der Waals surface area (Å²) >= 11 is 18.5. The van der Waals surface area contributed by atoms with Gasteiger partial charge in [-0.3, -0.25) is 9.78 Å². The number of methoxy groups -OCH3 is 1. The zero-order chi connectivity index (χ0) is 27.1. The van der Waals surface area contributed by atoms with Crippen LogP contribution in [0.2, 0.25) is 15.1 Å². The molecular weight excluding hydrogens is 543 g/mol. The molecule has 6 nitrogen and oxygen atoms in total. The van der Waals surface area contributed by atoms with E-state index in [0.717, 1.165) is 49.7 Å². The van der Waals surface area contributed by atoms with Crippen molar-refractivity contribution < 1.29 is 9.53 Å². The molecule has 1 aromatic heterocycles. The number of piperidine rings is 1. The first-order valence-electron chi connectivity index (χ1n) is 12.8. The molecule has 9 heteroatoms. The molecule has 1 unspecified atom stereocenters. The number of ether oxygens (including phenoxy) is 1. The molecule has 1 N–H and O–H groups in total. The van der Waals surface area contributed by atoms with Gasteiger partial charge in [0.25, 0.3) is 5.91 Å². The second-order valence-corrected chi connectivity index (χ2v) is 10.8. The Morgan fingerprint density at radius 2 is 1.79 bits per heavy atom. The number of amides is 1. The topological polar surface area (TPSA) is 57.7 Å². The average Bonchev–Trinajstić information content (AvgIpc) is 2.92. The second kappa shape index (κ2) is 13.5. The lowest BCUT2D eigenvalue weighted by atomic mass is 9.99. The SMILES string of the molecule is COc1ccc(N(Cc2cccc(Cl)c2)C2CCN(C(C)CCNC(=O)c3c(Cl)cncc3Cl)CC2)cc1. The molecule has 202 valence electrons. The van der Waals surface area contributed by atoms with Gasteiger partial charge in [0.1, 0.15) is 5.75 Å². The number of likely N-dealkylation sites (tertiary alicyclic amines) is 1. The molecule has 1 aliphatic heterocycles. The summed E-state index contributed by atoms with van der Waals surface area (Å²) in [6.07, 6.45) is 5.78. The zero-order valence-corrected chi connectivity index (χ0v) is 23.9. The maximum atomic E-state index is 12.6. The minimum atomic E-state index is -0.274. The summed E-state index contributed by atoms with van der Waals surface area (Å²) in [5, 5.41) is 4.21. The third-order valence-corrected chi connectivity index (χ3v) is 7.95. The van der Waals surface area contributed by atoms with Gasteiger partial charge in [-0.2, -0.15) is 0 Å². The van der Waals surface area contributed by atoms with Gasteiger partial charge < -0.3 is 19.9 Å². The Balaban J connectivity index is 1.34. The highest BCUT2D eigenvalue weighted by Gasteiger charge is 2.27. The first-order chi connectivity index (χ1) is 18.4. The van der Waals surface area contributed by atoms with Crippen molar-refractivity contribution in [3.63, 3.8) is 0 Å². The smallest absolute Gasteiger partial charge is 0.254 e. The van der Waals surface area contributed by atoms with E-state index in [9.17, 15) is 4.79 Å². The van der Waals surface area contributed by atoms with Gasteiger partial charge in [0.2, 0.25) is 0 Å². The molecule has 0 radical (unpaired) electrons. The van der Waals surface area contributed by atoms with Crippen molar-refractivity contribution in [2.45, 2.75) is 44.8 Å². The molecule has 2 aromatic carbocycles. The fourth-order valence-corrected chi connectivity index (χ4v) is 5.72. The zero-order valence-electron chi connectivity index (χ0n) is 21.7. The molecule has 3 aromatic rings. The van der Waals surface area contributed by atoms with Crippen LogP contribution in [0.25, 0.3) is 0 Å². The van der Waals surface area contributed by atoms with Gasteiger partial charge in [0.05, 0.1) is 22.7 Å². The highest BCUT2D eigenvalue weighted by atomic mass is 35.5. The van der Waals surface area contributed by atoms with E-state index in [1.165, 1.54) is 23.6 Å². The van der Waals surface area contributed by atoms with Crippen LogP contribution in [0, 0.1) is 0 Å². The Morgan fingerprint density at radius 1 is 1.11 bits per heavy atom. The van der Waals surface area contributed by atoms with Gasteiger partial charge in [-0.05, 0) is 68.1 Å². The van der Waals surface area contributed by atoms with Crippen LogP contribution < -0.4 is 15.0 Å². The van der Waals surface area contributed by atoms with E-state index >= 15 is 0 Å². The lowest BCUT2D eigenvalue weighted by Gasteiger charge is -2.42. The molecule has 38 heavy (non-hydrogen) atoms. The second-order valence-electron chi connectivity index (χ2n) is 9.59. The van der Waals surface area contributed by atoms with Crippen molar-refractivity contribution in [1.29, 1.82) is 0 Å². The lowest BCUT2D eigenvalue weighted by Crippen LogP contribution is -2.48. The van der Waals surface area contributed by atoms with Crippen LogP contribution in [-0.2, 0) is 6.54 Å². The average molecular weight is 576 g/mol. The van der Waals surface area contributed by atoms with Crippen molar-refractivity contribution >= 4 is 46.4 Å². The lowest BCUT2D eigenvalue weighted by molar-refractivity contribution is 0.0945. The summed E-state index contributed by atoms with van der Waals surface area (Å²) in [6.45, 7) is 5.53. The van der Waals surface area contributed by atoms with Crippen molar-refractivity contribution in [3.8, 4) is 5.75 Å². The molecule has 1 aliphatic rings. The summed E-state index contributed by atoms with van der Waals surface area (Å²) in [4.78, 5) is 21.5. The molecule has 0 spiro atoms. The third kappa shape index (κ3) is 7.32. The standard InChI is InChI=1S/C29H33Cl3N4O2/c1-20(10-13-34-29(37)28-26(31)17-33-18-27(28)32)35-14-11-24(12-15-35)36(19-21-4-3-5-22(30)16-21)23-6-8-25(38-2)9-7-23/h3-9,16-18,20,24H,10-15,19H2,1-2H3,(H,34,37). The summed E-state index contributed by atoms with van der Waals surface area (Å²) in [5.74, 6) is 0.574. The van der Waals surface area contributed by atoms with Crippen LogP contribution in [0.4, 0.5) is 5.69 Å². The van der Waals surface area contributed by atoms with Gasteiger partial charge in [-0.1, -0.05) is 46.9 Å². The molecule has 0 bridgehead atoms. The molecule has 4 rings (SSSR count). The maximum absolute atomic E-state index is 12.6. The van der Waals surface area contributed by atoms with Crippen LogP contribution in [-0.4, -0.2) is 54.6 Å². The highest BCUT2D eigenvalue weighted by molar-refractivity contribution is 6.39. The van der Waals surface area contributed by atoms with E-state index in [2.05, 4.69) is 45.2 Å². The fourth-order valence-electron chi connectivity index (χ4n) is 4.97. The predicted octanol–water partition coefficient (Wildman–Crippen LogP) is 6.73. The van der Waals surface area contributed by atoms with Crippen molar-refractivity contribution in [1.82, 2.24) is 15.2 Å². The number of nitrogens with zero attached hydrogens (tertiary/aromatic N) is 3. The fraction of sp³-hybridized carbons (Fsp3) is 0.379. The van der Waals surface area contributed by atoms with Gasteiger partial charge in [-0.15, -0.1) is 0 Å². The van der Waals surface area contributed by atoms with Crippen LogP contribution in [0.15, 0.2) is 60.9 Å². The highest BCUT2D eigenvalue weighted by Crippen LogP contribution is 2.29. The van der Waals surface area contributed by atoms with E-state index in [0.29, 0.717) is 18.6 Å². The maximum Gasteiger partial charge on any atom is 0.254 e. The summed E-state index contributed by atoms with van der Waals surface area (Å²) in [6, 6.07) is 17.1. The van der Waals surface area contributed by atoms with Crippen LogP contribution in [0.5, 0.6) is 5.75 Å². The molecule has 2 heterocycles. The number of hydrogen-bond donors (Lipinski definition) is 1. The Morgan fingerprint density at radius 3 is 2.42 bits per heavy atom. The summed E-state index contributed by atoms with van der Waals surface area (Å²) in [5.41, 5.74) is 2.64.